The summed E-state index contributed by atoms with van der Waals surface area (Å²) >= 11 is 0. The number of hydrogen-bond acceptors (Lipinski definition) is 9. The molecule has 4 saturated heterocycles. The number of aromatic amines is 1. The lowest BCUT2D eigenvalue weighted by Gasteiger charge is -2.61. The molecule has 4 aliphatic heterocycles. The fraction of sp³-hybridized carbons (Fsp3) is 0.583. The van der Waals surface area contributed by atoms with Crippen molar-refractivity contribution in [1.82, 2.24) is 40.0 Å². The minimum Gasteiger partial charge on any atom is -0.375 e. The van der Waals surface area contributed by atoms with E-state index in [4.69, 9.17) is 4.74 Å². The number of ether oxygens (including phenoxy) is 1. The van der Waals surface area contributed by atoms with Gasteiger partial charge in [0.25, 0.3) is 17.4 Å². The topological polar surface area (TPSA) is 169 Å². The van der Waals surface area contributed by atoms with Crippen molar-refractivity contribution in [2.75, 3.05) is 72.0 Å². The predicted molar refractivity (Wildman–Crippen MR) is 284 cm³/mol. The number of hydrogen-bond donors (Lipinski definition) is 2. The monoisotopic (exact) mass is 1050 g/mol. The van der Waals surface area contributed by atoms with E-state index in [1.807, 2.05) is 23.1 Å². The Morgan fingerprint density at radius 1 is 0.701 bits per heavy atom. The molecule has 1 aromatic heterocycles. The Bertz CT molecular complexity index is 2940. The molecule has 3 aromatic carbocycles. The molecule has 2 unspecified atom stereocenters. The van der Waals surface area contributed by atoms with Crippen LogP contribution in [0.2, 0.25) is 0 Å². The third-order valence-electron chi connectivity index (χ3n) is 19.3. The lowest BCUT2D eigenvalue weighted by Crippen LogP contribution is -2.62. The van der Waals surface area contributed by atoms with Crippen LogP contribution in [0.15, 0.2) is 65.5 Å². The first-order valence-corrected chi connectivity index (χ1v) is 28.7. The molecule has 0 radical (unpaired) electrons. The molecule has 77 heavy (non-hydrogen) atoms. The summed E-state index contributed by atoms with van der Waals surface area (Å²) < 4.78 is 38.5. The van der Waals surface area contributed by atoms with Crippen molar-refractivity contribution in [3.8, 4) is 0 Å². The summed E-state index contributed by atoms with van der Waals surface area (Å²) in [6, 6.07) is 16.0. The number of likely N-dealkylation sites (tertiary alicyclic amines) is 3. The first-order valence-electron chi connectivity index (χ1n) is 28.7. The molecule has 13 rings (SSSR count). The van der Waals surface area contributed by atoms with Crippen LogP contribution in [0.4, 0.5) is 8.78 Å². The van der Waals surface area contributed by atoms with Gasteiger partial charge >= 0.3 is 0 Å². The molecule has 15 nitrogen and oxygen atoms in total. The number of halogens is 2. The highest BCUT2D eigenvalue weighted by Crippen LogP contribution is 2.65. The van der Waals surface area contributed by atoms with Gasteiger partial charge in [0.05, 0.1) is 46.4 Å². The Morgan fingerprint density at radius 3 is 2.04 bits per heavy atom. The smallest absolute Gasteiger partial charge is 0.272 e. The van der Waals surface area contributed by atoms with Gasteiger partial charge in [-0.15, -0.1) is 0 Å². The first kappa shape index (κ1) is 51.7. The Morgan fingerprint density at radius 2 is 1.36 bits per heavy atom. The van der Waals surface area contributed by atoms with Crippen LogP contribution >= 0.6 is 0 Å². The zero-order chi connectivity index (χ0) is 53.0. The predicted octanol–water partition coefficient (Wildman–Crippen LogP) is 6.68. The molecule has 17 heteroatoms. The number of carbonyl (C=O) groups excluding carboxylic acids is 5. The van der Waals surface area contributed by atoms with Crippen LogP contribution in [0.1, 0.15) is 133 Å². The van der Waals surface area contributed by atoms with Crippen LogP contribution in [0.3, 0.4) is 0 Å². The standard InChI is InChI=1S/C60H72F2N8O7/c61-49-16-13-37(30-50-44-9-4-5-10-45(44)56(73)65-64-50)29-48(49)57(74)69-27-25-67(26-28-69)51(71)36-66-21-17-42(18-22-66)77-43-19-23-68(24-20-43)58(75)54(39-7-2-1-3-8-39)63-55(72)47-12-6-11-46(53(47)62)52-40-14-15-41(52)35-70(34-40)59(76)60-31-38(32-60)33-60/h4-6,9-13,16,29,38-43,52,54H,1-3,7-8,14-15,17-28,30-36H2,(H,63,72)(H,65,73)/t38?,40-,41?,52?,54-,60?/m1/s1. The van der Waals surface area contributed by atoms with E-state index >= 15 is 8.78 Å². The third kappa shape index (κ3) is 10.3. The molecular weight excluding hydrogens is 983 g/mol. The van der Waals surface area contributed by atoms with Crippen molar-refractivity contribution >= 4 is 40.3 Å². The average Bonchev–Trinajstić information content (AvgIpc) is 3.84. The molecule has 5 amide bonds. The molecule has 0 spiro atoms. The number of piperidine rings is 3. The SMILES string of the molecule is O=C(N[C@@H](C(=O)N1CCC(OC2CCN(CC(=O)N3CCN(C(=O)c4cc(Cc5n[nH]c(=O)c6ccccc56)ccc4F)CC3)CC2)CC1)C1CCCCC1)c1cccc(C2C3CC[C@@H]2CN(C(=O)C24CC(C2)C4)C3)c1F. The van der Waals surface area contributed by atoms with Gasteiger partial charge in [0.2, 0.25) is 17.7 Å². The molecule has 5 saturated carbocycles. The molecule has 4 bridgehead atoms. The maximum atomic E-state index is 16.7. The summed E-state index contributed by atoms with van der Waals surface area (Å²) in [6.07, 6.45) is 13.0. The molecule has 408 valence electrons. The second-order valence-electron chi connectivity index (χ2n) is 24.0. The zero-order valence-corrected chi connectivity index (χ0v) is 44.1. The van der Waals surface area contributed by atoms with Crippen LogP contribution in [0, 0.1) is 40.7 Å². The first-order chi connectivity index (χ1) is 37.4. The van der Waals surface area contributed by atoms with Crippen LogP contribution in [-0.2, 0) is 25.5 Å². The van der Waals surface area contributed by atoms with Crippen molar-refractivity contribution in [1.29, 1.82) is 0 Å². The number of fused-ring (bicyclic) bond motifs is 3. The summed E-state index contributed by atoms with van der Waals surface area (Å²) in [4.78, 5) is 91.0. The summed E-state index contributed by atoms with van der Waals surface area (Å²) in [5, 5.41) is 11.1. The van der Waals surface area contributed by atoms with Crippen molar-refractivity contribution in [3.63, 3.8) is 0 Å². The van der Waals surface area contributed by atoms with E-state index in [-0.39, 0.29) is 89.4 Å². The second-order valence-corrected chi connectivity index (χ2v) is 24.0. The number of nitrogens with zero attached hydrogens (tertiary/aromatic N) is 6. The quantitative estimate of drug-likeness (QED) is 0.149. The van der Waals surface area contributed by atoms with Gasteiger partial charge in [0, 0.05) is 77.3 Å². The Kier molecular flexibility index (Phi) is 14.5. The summed E-state index contributed by atoms with van der Waals surface area (Å²) in [5.41, 5.74) is 1.41. The van der Waals surface area contributed by atoms with E-state index < -0.39 is 29.5 Å². The van der Waals surface area contributed by atoms with Crippen molar-refractivity contribution in [3.05, 3.63) is 111 Å². The molecule has 4 aromatic rings. The maximum Gasteiger partial charge on any atom is 0.272 e. The van der Waals surface area contributed by atoms with Gasteiger partial charge in [-0.2, -0.15) is 5.10 Å². The molecule has 5 heterocycles. The normalized spacial score (nSPS) is 26.5. The number of H-pyrrole nitrogens is 1. The van der Waals surface area contributed by atoms with Gasteiger partial charge in [0.15, 0.2) is 0 Å². The molecule has 2 N–H and O–H groups in total. The summed E-state index contributed by atoms with van der Waals surface area (Å²) in [7, 11) is 0. The van der Waals surface area contributed by atoms with E-state index in [1.54, 1.807) is 46.2 Å². The number of rotatable bonds is 13. The van der Waals surface area contributed by atoms with Crippen LogP contribution in [-0.4, -0.2) is 154 Å². The zero-order valence-electron chi connectivity index (χ0n) is 44.1. The van der Waals surface area contributed by atoms with Gasteiger partial charge in [-0.1, -0.05) is 55.7 Å². The van der Waals surface area contributed by atoms with Gasteiger partial charge < -0.3 is 29.7 Å². The lowest BCUT2D eigenvalue weighted by atomic mass is 9.44. The Hall–Kier alpha value is -6.07. The number of aromatic nitrogens is 2. The van der Waals surface area contributed by atoms with Gasteiger partial charge in [0.1, 0.15) is 17.7 Å². The van der Waals surface area contributed by atoms with Gasteiger partial charge in [-0.05, 0) is 136 Å². The van der Waals surface area contributed by atoms with Crippen molar-refractivity contribution in [2.24, 2.45) is 29.1 Å². The van der Waals surface area contributed by atoms with Crippen LogP contribution < -0.4 is 10.9 Å². The van der Waals surface area contributed by atoms with E-state index in [0.29, 0.717) is 105 Å². The summed E-state index contributed by atoms with van der Waals surface area (Å²) in [6.45, 7) is 5.31. The minimum absolute atomic E-state index is 0.00379. The molecule has 9 aliphatic rings. The third-order valence-corrected chi connectivity index (χ3v) is 19.3. The highest BCUT2D eigenvalue weighted by Gasteiger charge is 2.63. The largest absolute Gasteiger partial charge is 0.375 e. The molecule has 4 atom stereocenters. The highest BCUT2D eigenvalue weighted by molar-refractivity contribution is 5.98. The van der Waals surface area contributed by atoms with Crippen molar-refractivity contribution in [2.45, 2.75) is 120 Å². The number of carbonyl (C=O) groups is 5. The average molecular weight is 1060 g/mol. The lowest BCUT2D eigenvalue weighted by molar-refractivity contribution is -0.179. The fourth-order valence-corrected chi connectivity index (χ4v) is 14.9. The number of amides is 5. The fourth-order valence-electron chi connectivity index (χ4n) is 14.9. The van der Waals surface area contributed by atoms with Crippen LogP contribution in [0.5, 0.6) is 0 Å². The van der Waals surface area contributed by atoms with E-state index in [0.717, 1.165) is 83.0 Å². The van der Waals surface area contributed by atoms with E-state index in [9.17, 15) is 28.8 Å². The second kappa shape index (κ2) is 21.6. The Labute approximate surface area is 448 Å². The van der Waals surface area contributed by atoms with Crippen molar-refractivity contribution < 1.29 is 37.5 Å². The summed E-state index contributed by atoms with van der Waals surface area (Å²) in [5.74, 6) is -0.866. The van der Waals surface area contributed by atoms with Gasteiger partial charge in [-0.25, -0.2) is 13.9 Å². The maximum absolute atomic E-state index is 16.7. The minimum atomic E-state index is -0.738. The Balaban J connectivity index is 0.590. The van der Waals surface area contributed by atoms with E-state index in [1.165, 1.54) is 6.07 Å². The molecule has 5 aliphatic carbocycles. The number of piperazine rings is 1. The number of nitrogens with one attached hydrogen (secondary N) is 2. The van der Waals surface area contributed by atoms with E-state index in [2.05, 4.69) is 25.3 Å². The van der Waals surface area contributed by atoms with Crippen LogP contribution in [0.25, 0.3) is 10.8 Å². The molecular formula is C60H72F2N8O7. The number of benzene rings is 3. The van der Waals surface area contributed by atoms with Gasteiger partial charge in [-0.3, -0.25) is 33.7 Å². The highest BCUT2D eigenvalue weighted by atomic mass is 19.1. The molecule has 9 fully saturated rings.